The number of carbonyl (C=O) groups is 2. The molecule has 2 N–H and O–H groups in total. The predicted molar refractivity (Wildman–Crippen MR) is 120 cm³/mol. The summed E-state index contributed by atoms with van der Waals surface area (Å²) in [4.78, 5) is 29.1. The number of benzene rings is 2. The monoisotopic (exact) mass is 445 g/mol. The number of para-hydroxylation sites is 1. The summed E-state index contributed by atoms with van der Waals surface area (Å²) in [5.41, 5.74) is 2.14. The van der Waals surface area contributed by atoms with Crippen LogP contribution >= 0.6 is 23.2 Å². The minimum atomic E-state index is -0.382. The van der Waals surface area contributed by atoms with E-state index in [9.17, 15) is 9.59 Å². The second-order valence-electron chi connectivity index (χ2n) is 6.69. The van der Waals surface area contributed by atoms with Gasteiger partial charge in [0.05, 0.1) is 21.8 Å². The lowest BCUT2D eigenvalue weighted by atomic mass is 10.1. The maximum Gasteiger partial charge on any atom is 0.257 e. The zero-order chi connectivity index (χ0) is 21.7. The van der Waals surface area contributed by atoms with Crippen molar-refractivity contribution in [1.29, 1.82) is 0 Å². The molecular formula is C22H21Cl2N3O3. The fourth-order valence-electron chi connectivity index (χ4n) is 2.91. The van der Waals surface area contributed by atoms with E-state index in [0.717, 1.165) is 12.0 Å². The Bertz CT molecular complexity index is 1100. The quantitative estimate of drug-likeness (QED) is 0.535. The van der Waals surface area contributed by atoms with Crippen molar-refractivity contribution < 1.29 is 14.3 Å². The number of rotatable bonds is 7. The van der Waals surface area contributed by atoms with Crippen LogP contribution in [0, 0.1) is 6.92 Å². The standard InChI is InChI=1S/C22H21Cl2N3O3/c1-3-9-25-19(28)12-30-21-13(2)11-26-20-16(21)5-4-6-18(20)27-22(29)15-8-7-14(23)10-17(15)24/h4-8,10-11H,3,9,12H2,1-2H3,(H,25,28)(H,27,29). The first kappa shape index (κ1) is 21.9. The second-order valence-corrected chi connectivity index (χ2v) is 7.53. The number of carbonyl (C=O) groups excluding carboxylic acids is 2. The molecule has 0 aliphatic heterocycles. The van der Waals surface area contributed by atoms with Crippen molar-refractivity contribution >= 4 is 51.6 Å². The number of hydrogen-bond donors (Lipinski definition) is 2. The smallest absolute Gasteiger partial charge is 0.257 e. The molecule has 3 rings (SSSR count). The van der Waals surface area contributed by atoms with Gasteiger partial charge in [0.1, 0.15) is 5.75 Å². The van der Waals surface area contributed by atoms with Gasteiger partial charge in [0, 0.05) is 28.7 Å². The van der Waals surface area contributed by atoms with Crippen molar-refractivity contribution in [3.05, 3.63) is 63.8 Å². The molecule has 2 aromatic carbocycles. The molecule has 0 saturated heterocycles. The molecule has 8 heteroatoms. The highest BCUT2D eigenvalue weighted by Gasteiger charge is 2.16. The van der Waals surface area contributed by atoms with Crippen molar-refractivity contribution in [2.75, 3.05) is 18.5 Å². The molecule has 0 bridgehead atoms. The Morgan fingerprint density at radius 2 is 1.97 bits per heavy atom. The molecule has 2 amide bonds. The Morgan fingerprint density at radius 3 is 2.70 bits per heavy atom. The van der Waals surface area contributed by atoms with E-state index in [1.807, 2.05) is 19.9 Å². The van der Waals surface area contributed by atoms with Gasteiger partial charge in [-0.3, -0.25) is 14.6 Å². The van der Waals surface area contributed by atoms with Gasteiger partial charge < -0.3 is 15.4 Å². The van der Waals surface area contributed by atoms with Gasteiger partial charge in [-0.1, -0.05) is 36.2 Å². The number of aryl methyl sites for hydroxylation is 1. The molecule has 0 saturated carbocycles. The molecule has 0 radical (unpaired) electrons. The first-order chi connectivity index (χ1) is 14.4. The Hall–Kier alpha value is -2.83. The number of nitrogens with zero attached hydrogens (tertiary/aromatic N) is 1. The van der Waals surface area contributed by atoms with Crippen LogP contribution in [0.25, 0.3) is 10.9 Å². The van der Waals surface area contributed by atoms with E-state index in [2.05, 4.69) is 15.6 Å². The average Bonchev–Trinajstić information content (AvgIpc) is 2.71. The summed E-state index contributed by atoms with van der Waals surface area (Å²) in [6, 6.07) is 10.0. The molecule has 0 atom stereocenters. The van der Waals surface area contributed by atoms with Crippen LogP contribution in [0.4, 0.5) is 5.69 Å². The summed E-state index contributed by atoms with van der Waals surface area (Å²) in [5.74, 6) is -0.0247. The Balaban J connectivity index is 1.88. The number of halogens is 2. The molecular weight excluding hydrogens is 425 g/mol. The van der Waals surface area contributed by atoms with Gasteiger partial charge >= 0.3 is 0 Å². The predicted octanol–water partition coefficient (Wildman–Crippen LogP) is 5.01. The summed E-state index contributed by atoms with van der Waals surface area (Å²) in [6.45, 7) is 4.33. The van der Waals surface area contributed by atoms with Crippen molar-refractivity contribution in [2.24, 2.45) is 0 Å². The highest BCUT2D eigenvalue weighted by atomic mass is 35.5. The average molecular weight is 446 g/mol. The molecule has 0 aliphatic rings. The number of aromatic nitrogens is 1. The van der Waals surface area contributed by atoms with Crippen LogP contribution in [0.3, 0.4) is 0 Å². The summed E-state index contributed by atoms with van der Waals surface area (Å²) >= 11 is 12.0. The first-order valence-electron chi connectivity index (χ1n) is 9.45. The van der Waals surface area contributed by atoms with E-state index in [4.69, 9.17) is 27.9 Å². The SMILES string of the molecule is CCCNC(=O)COc1c(C)cnc2c(NC(=O)c3ccc(Cl)cc3Cl)cccc12. The normalized spacial score (nSPS) is 10.7. The van der Waals surface area contributed by atoms with E-state index in [1.165, 1.54) is 6.07 Å². The van der Waals surface area contributed by atoms with Gasteiger partial charge in [-0.15, -0.1) is 0 Å². The topological polar surface area (TPSA) is 80.3 Å². The third-order valence-corrected chi connectivity index (χ3v) is 4.92. The third-order valence-electron chi connectivity index (χ3n) is 4.37. The van der Waals surface area contributed by atoms with Crippen molar-refractivity contribution in [1.82, 2.24) is 10.3 Å². The highest BCUT2D eigenvalue weighted by Crippen LogP contribution is 2.32. The first-order valence-corrected chi connectivity index (χ1v) is 10.2. The molecule has 0 aliphatic carbocycles. The number of ether oxygens (including phenoxy) is 1. The van der Waals surface area contributed by atoms with E-state index >= 15 is 0 Å². The van der Waals surface area contributed by atoms with Crippen LogP contribution in [-0.2, 0) is 4.79 Å². The van der Waals surface area contributed by atoms with Crippen molar-refractivity contribution in [2.45, 2.75) is 20.3 Å². The zero-order valence-electron chi connectivity index (χ0n) is 16.6. The maximum atomic E-state index is 12.7. The van der Waals surface area contributed by atoms with Gasteiger partial charge in [0.25, 0.3) is 11.8 Å². The molecule has 3 aromatic rings. The molecule has 156 valence electrons. The lowest BCUT2D eigenvalue weighted by Crippen LogP contribution is -2.29. The van der Waals surface area contributed by atoms with Gasteiger partial charge in [-0.2, -0.15) is 0 Å². The van der Waals surface area contributed by atoms with E-state index < -0.39 is 0 Å². The largest absolute Gasteiger partial charge is 0.483 e. The lowest BCUT2D eigenvalue weighted by molar-refractivity contribution is -0.123. The van der Waals surface area contributed by atoms with Crippen LogP contribution in [0.2, 0.25) is 10.0 Å². The summed E-state index contributed by atoms with van der Waals surface area (Å²) < 4.78 is 5.79. The van der Waals surface area contributed by atoms with Crippen LogP contribution < -0.4 is 15.4 Å². The Kier molecular flexibility index (Phi) is 7.13. The molecule has 1 aromatic heterocycles. The molecule has 0 fully saturated rings. The van der Waals surface area contributed by atoms with E-state index in [1.54, 1.807) is 30.5 Å². The molecule has 30 heavy (non-hydrogen) atoms. The molecule has 6 nitrogen and oxygen atoms in total. The summed E-state index contributed by atoms with van der Waals surface area (Å²) in [7, 11) is 0. The fourth-order valence-corrected chi connectivity index (χ4v) is 3.40. The fraction of sp³-hybridized carbons (Fsp3) is 0.227. The highest BCUT2D eigenvalue weighted by molar-refractivity contribution is 6.37. The van der Waals surface area contributed by atoms with E-state index in [0.29, 0.717) is 39.5 Å². The zero-order valence-corrected chi connectivity index (χ0v) is 18.1. The van der Waals surface area contributed by atoms with Gasteiger partial charge in [0.15, 0.2) is 6.61 Å². The third kappa shape index (κ3) is 5.01. The molecule has 1 heterocycles. The van der Waals surface area contributed by atoms with Crippen LogP contribution in [0.5, 0.6) is 5.75 Å². The van der Waals surface area contributed by atoms with Crippen LogP contribution in [0.1, 0.15) is 29.3 Å². The van der Waals surface area contributed by atoms with Crippen LogP contribution in [0.15, 0.2) is 42.6 Å². The van der Waals surface area contributed by atoms with Crippen LogP contribution in [-0.4, -0.2) is 29.9 Å². The number of fused-ring (bicyclic) bond motifs is 1. The van der Waals surface area contributed by atoms with Gasteiger partial charge in [-0.25, -0.2) is 0 Å². The number of nitrogens with one attached hydrogen (secondary N) is 2. The Labute approximate surface area is 184 Å². The minimum Gasteiger partial charge on any atom is -0.483 e. The second kappa shape index (κ2) is 9.78. The maximum absolute atomic E-state index is 12.7. The van der Waals surface area contributed by atoms with E-state index in [-0.39, 0.29) is 23.4 Å². The number of amides is 2. The van der Waals surface area contributed by atoms with Gasteiger partial charge in [0.2, 0.25) is 0 Å². The minimum absolute atomic E-state index is 0.100. The molecule has 0 spiro atoms. The number of pyridine rings is 1. The molecule has 0 unspecified atom stereocenters. The van der Waals surface area contributed by atoms with Gasteiger partial charge in [-0.05, 0) is 43.7 Å². The lowest BCUT2D eigenvalue weighted by Gasteiger charge is -2.14. The van der Waals surface area contributed by atoms with Crippen molar-refractivity contribution in [3.63, 3.8) is 0 Å². The Morgan fingerprint density at radius 1 is 1.17 bits per heavy atom. The summed E-state index contributed by atoms with van der Waals surface area (Å²) in [5, 5.41) is 7.01. The number of anilines is 1. The van der Waals surface area contributed by atoms with Crippen molar-refractivity contribution in [3.8, 4) is 5.75 Å². The number of hydrogen-bond acceptors (Lipinski definition) is 4. The summed E-state index contributed by atoms with van der Waals surface area (Å²) in [6.07, 6.45) is 2.50.